The number of carbonyl (C=O) groups excluding carboxylic acids is 4. The van der Waals surface area contributed by atoms with Crippen LogP contribution in [0.2, 0.25) is 0 Å². The monoisotopic (exact) mass is 493 g/mol. The third-order valence-electron chi connectivity index (χ3n) is 6.51. The molecule has 0 aliphatic carbocycles. The number of benzene rings is 2. The van der Waals surface area contributed by atoms with E-state index < -0.39 is 5.54 Å². The standard InChI is InChI=1S/C27H31N3O6/c1-27(2,3)30-25(33)19-9-7-17(15-20(19)26(30)34)23(31)28-11-6-12-29(14-13-28)24(32)18-8-10-21(35-4)22(16-18)36-5/h7-10,15-16H,6,11-14H2,1-5H3. The zero-order valence-electron chi connectivity index (χ0n) is 21.3. The van der Waals surface area contributed by atoms with Crippen molar-refractivity contribution in [3.05, 3.63) is 58.7 Å². The van der Waals surface area contributed by atoms with Crippen molar-refractivity contribution in [2.45, 2.75) is 32.7 Å². The minimum atomic E-state index is -0.661. The lowest BCUT2D eigenvalue weighted by atomic mass is 10.0. The van der Waals surface area contributed by atoms with Gasteiger partial charge in [-0.3, -0.25) is 24.1 Å². The van der Waals surface area contributed by atoms with Crippen LogP contribution in [0, 0.1) is 0 Å². The summed E-state index contributed by atoms with van der Waals surface area (Å²) >= 11 is 0. The van der Waals surface area contributed by atoms with Crippen molar-refractivity contribution in [2.75, 3.05) is 40.4 Å². The van der Waals surface area contributed by atoms with Gasteiger partial charge in [0.25, 0.3) is 23.6 Å². The molecule has 9 nitrogen and oxygen atoms in total. The van der Waals surface area contributed by atoms with Crippen molar-refractivity contribution < 1.29 is 28.7 Å². The molecule has 2 aliphatic rings. The Kier molecular flexibility index (Phi) is 6.75. The molecular formula is C27H31N3O6. The average molecular weight is 494 g/mol. The second kappa shape index (κ2) is 9.64. The van der Waals surface area contributed by atoms with Crippen LogP contribution in [0.3, 0.4) is 0 Å². The molecule has 4 rings (SSSR count). The van der Waals surface area contributed by atoms with E-state index in [4.69, 9.17) is 9.47 Å². The predicted molar refractivity (Wildman–Crippen MR) is 133 cm³/mol. The van der Waals surface area contributed by atoms with E-state index in [2.05, 4.69) is 0 Å². The van der Waals surface area contributed by atoms with Crippen LogP contribution in [-0.2, 0) is 0 Å². The lowest BCUT2D eigenvalue weighted by Gasteiger charge is -2.29. The molecule has 0 radical (unpaired) electrons. The molecule has 2 aromatic rings. The van der Waals surface area contributed by atoms with Gasteiger partial charge in [0, 0.05) is 42.8 Å². The van der Waals surface area contributed by atoms with Crippen LogP contribution in [0.15, 0.2) is 36.4 Å². The highest BCUT2D eigenvalue weighted by Crippen LogP contribution is 2.31. The Labute approximate surface area is 210 Å². The van der Waals surface area contributed by atoms with Gasteiger partial charge in [0.2, 0.25) is 0 Å². The number of methoxy groups -OCH3 is 2. The topological polar surface area (TPSA) is 96.5 Å². The maximum absolute atomic E-state index is 13.3. The molecule has 1 saturated heterocycles. The van der Waals surface area contributed by atoms with Gasteiger partial charge < -0.3 is 19.3 Å². The van der Waals surface area contributed by atoms with E-state index in [0.717, 1.165) is 0 Å². The van der Waals surface area contributed by atoms with Gasteiger partial charge in [0.1, 0.15) is 0 Å². The molecule has 2 heterocycles. The zero-order valence-corrected chi connectivity index (χ0v) is 21.3. The summed E-state index contributed by atoms with van der Waals surface area (Å²) in [5, 5.41) is 0. The SMILES string of the molecule is COc1ccc(C(=O)N2CCCN(C(=O)c3ccc4c(c3)C(=O)N(C(C)(C)C)C4=O)CC2)cc1OC. The highest BCUT2D eigenvalue weighted by atomic mass is 16.5. The van der Waals surface area contributed by atoms with E-state index in [0.29, 0.717) is 60.8 Å². The molecule has 2 aliphatic heterocycles. The van der Waals surface area contributed by atoms with Gasteiger partial charge in [-0.2, -0.15) is 0 Å². The number of nitrogens with zero attached hydrogens (tertiary/aromatic N) is 3. The molecular weight excluding hydrogens is 462 g/mol. The zero-order chi connectivity index (χ0) is 26.2. The third-order valence-corrected chi connectivity index (χ3v) is 6.51. The number of hydrogen-bond acceptors (Lipinski definition) is 6. The summed E-state index contributed by atoms with van der Waals surface area (Å²) in [5.74, 6) is -0.0892. The molecule has 0 atom stereocenters. The number of imide groups is 1. The first-order chi connectivity index (χ1) is 17.1. The van der Waals surface area contributed by atoms with Crippen molar-refractivity contribution in [3.8, 4) is 11.5 Å². The fraction of sp³-hybridized carbons (Fsp3) is 0.407. The smallest absolute Gasteiger partial charge is 0.262 e. The summed E-state index contributed by atoms with van der Waals surface area (Å²) < 4.78 is 10.6. The predicted octanol–water partition coefficient (Wildman–Crippen LogP) is 3.09. The molecule has 0 aromatic heterocycles. The van der Waals surface area contributed by atoms with Gasteiger partial charge in [-0.05, 0) is 63.6 Å². The third kappa shape index (κ3) is 4.53. The lowest BCUT2D eigenvalue weighted by Crippen LogP contribution is -2.45. The summed E-state index contributed by atoms with van der Waals surface area (Å²) in [6, 6.07) is 9.70. The Balaban J connectivity index is 1.48. The molecule has 0 saturated carbocycles. The van der Waals surface area contributed by atoms with Crippen molar-refractivity contribution >= 4 is 23.6 Å². The molecule has 4 amide bonds. The first-order valence-corrected chi connectivity index (χ1v) is 11.9. The Morgan fingerprint density at radius 3 is 1.81 bits per heavy atom. The summed E-state index contributed by atoms with van der Waals surface area (Å²) in [5.41, 5.74) is 0.740. The molecule has 0 N–H and O–H groups in total. The lowest BCUT2D eigenvalue weighted by molar-refractivity contribution is 0.0507. The van der Waals surface area contributed by atoms with Gasteiger partial charge in [-0.25, -0.2) is 0 Å². The van der Waals surface area contributed by atoms with Crippen LogP contribution < -0.4 is 9.47 Å². The molecule has 190 valence electrons. The van der Waals surface area contributed by atoms with Crippen molar-refractivity contribution in [1.29, 1.82) is 0 Å². The largest absolute Gasteiger partial charge is 0.493 e. The van der Waals surface area contributed by atoms with Gasteiger partial charge in [-0.1, -0.05) is 0 Å². The fourth-order valence-corrected chi connectivity index (χ4v) is 4.64. The number of hydrogen-bond donors (Lipinski definition) is 0. The fourth-order valence-electron chi connectivity index (χ4n) is 4.64. The Morgan fingerprint density at radius 2 is 1.25 bits per heavy atom. The highest BCUT2D eigenvalue weighted by Gasteiger charge is 2.42. The van der Waals surface area contributed by atoms with Gasteiger partial charge in [0.15, 0.2) is 11.5 Å². The molecule has 9 heteroatoms. The molecule has 1 fully saturated rings. The number of ether oxygens (including phenoxy) is 2. The quantitative estimate of drug-likeness (QED) is 0.608. The molecule has 0 unspecified atom stereocenters. The van der Waals surface area contributed by atoms with Crippen LogP contribution in [0.25, 0.3) is 0 Å². The molecule has 36 heavy (non-hydrogen) atoms. The number of amides is 4. The van der Waals surface area contributed by atoms with Gasteiger partial charge >= 0.3 is 0 Å². The average Bonchev–Trinajstić information content (AvgIpc) is 3.00. The normalized spacial score (nSPS) is 16.1. The highest BCUT2D eigenvalue weighted by molar-refractivity contribution is 6.22. The maximum Gasteiger partial charge on any atom is 0.262 e. The second-order valence-corrected chi connectivity index (χ2v) is 9.88. The van der Waals surface area contributed by atoms with Gasteiger partial charge in [0.05, 0.1) is 25.3 Å². The molecule has 2 aromatic carbocycles. The number of carbonyl (C=O) groups is 4. The van der Waals surface area contributed by atoms with Crippen molar-refractivity contribution in [2.24, 2.45) is 0 Å². The van der Waals surface area contributed by atoms with Crippen LogP contribution >= 0.6 is 0 Å². The van der Waals surface area contributed by atoms with Crippen LogP contribution in [0.5, 0.6) is 11.5 Å². The summed E-state index contributed by atoms with van der Waals surface area (Å²) in [6.45, 7) is 7.11. The summed E-state index contributed by atoms with van der Waals surface area (Å²) in [7, 11) is 3.06. The first-order valence-electron chi connectivity index (χ1n) is 11.9. The van der Waals surface area contributed by atoms with Crippen LogP contribution in [0.1, 0.15) is 68.6 Å². The van der Waals surface area contributed by atoms with E-state index in [1.54, 1.807) is 60.9 Å². The Morgan fingerprint density at radius 1 is 0.722 bits per heavy atom. The van der Waals surface area contributed by atoms with Gasteiger partial charge in [-0.15, -0.1) is 0 Å². The van der Waals surface area contributed by atoms with E-state index in [-0.39, 0.29) is 29.2 Å². The Hall–Kier alpha value is -3.88. The number of rotatable bonds is 4. The van der Waals surface area contributed by atoms with Crippen molar-refractivity contribution in [1.82, 2.24) is 14.7 Å². The van der Waals surface area contributed by atoms with Crippen LogP contribution in [-0.4, -0.2) is 84.3 Å². The van der Waals surface area contributed by atoms with E-state index in [9.17, 15) is 19.2 Å². The van der Waals surface area contributed by atoms with Crippen LogP contribution in [0.4, 0.5) is 0 Å². The second-order valence-electron chi connectivity index (χ2n) is 9.88. The molecule has 0 bridgehead atoms. The minimum absolute atomic E-state index is 0.144. The summed E-state index contributed by atoms with van der Waals surface area (Å²) in [4.78, 5) is 56.7. The summed E-state index contributed by atoms with van der Waals surface area (Å²) in [6.07, 6.45) is 0.616. The molecule has 0 spiro atoms. The maximum atomic E-state index is 13.3. The number of fused-ring (bicyclic) bond motifs is 1. The Bertz CT molecular complexity index is 1230. The van der Waals surface area contributed by atoms with E-state index in [1.807, 2.05) is 0 Å². The first kappa shape index (κ1) is 25.2. The van der Waals surface area contributed by atoms with Crippen molar-refractivity contribution in [3.63, 3.8) is 0 Å². The minimum Gasteiger partial charge on any atom is -0.493 e. The van der Waals surface area contributed by atoms with E-state index in [1.165, 1.54) is 25.2 Å². The van der Waals surface area contributed by atoms with E-state index >= 15 is 0 Å².